The molecule has 0 unspecified atom stereocenters. The molecular weight excluding hydrogens is 344 g/mol. The Kier molecular flexibility index (Phi) is 4.15. The van der Waals surface area contributed by atoms with Crippen LogP contribution in [0.15, 0.2) is 33.2 Å². The predicted octanol–water partition coefficient (Wildman–Crippen LogP) is 2.80. The van der Waals surface area contributed by atoms with E-state index < -0.39 is 10.0 Å². The van der Waals surface area contributed by atoms with Crippen molar-refractivity contribution in [3.8, 4) is 0 Å². The third kappa shape index (κ3) is 3.19. The number of sulfonamides is 1. The van der Waals surface area contributed by atoms with Crippen molar-refractivity contribution in [2.24, 2.45) is 5.73 Å². The van der Waals surface area contributed by atoms with Crippen LogP contribution in [-0.4, -0.2) is 23.8 Å². The summed E-state index contributed by atoms with van der Waals surface area (Å²) in [5, 5.41) is 3.95. The molecule has 2 heterocycles. The molecule has 0 aromatic carbocycles. The first kappa shape index (κ1) is 15.1. The van der Waals surface area contributed by atoms with Crippen LogP contribution < -0.4 is 5.73 Å². The molecule has 0 radical (unpaired) electrons. The maximum Gasteiger partial charge on any atom is 0.253 e. The highest BCUT2D eigenvalue weighted by molar-refractivity contribution is 7.91. The molecule has 2 N–H and O–H groups in total. The van der Waals surface area contributed by atoms with Gasteiger partial charge in [0.15, 0.2) is 0 Å². The van der Waals surface area contributed by atoms with E-state index in [9.17, 15) is 8.42 Å². The Morgan fingerprint density at radius 1 is 1.38 bits per heavy atom. The van der Waals surface area contributed by atoms with E-state index in [0.29, 0.717) is 15.6 Å². The fourth-order valence-electron chi connectivity index (χ4n) is 2.04. The molecule has 1 aliphatic rings. The molecule has 2 aromatic rings. The summed E-state index contributed by atoms with van der Waals surface area (Å²) in [7, 11) is -3.49. The summed E-state index contributed by atoms with van der Waals surface area (Å²) in [6, 6.07) is 5.35. The van der Waals surface area contributed by atoms with E-state index in [1.807, 2.05) is 16.8 Å². The van der Waals surface area contributed by atoms with Crippen LogP contribution in [0.3, 0.4) is 0 Å². The molecule has 8 heteroatoms. The van der Waals surface area contributed by atoms with Gasteiger partial charge in [-0.3, -0.25) is 0 Å². The molecule has 1 aliphatic carbocycles. The van der Waals surface area contributed by atoms with Gasteiger partial charge in [0, 0.05) is 12.6 Å². The van der Waals surface area contributed by atoms with Gasteiger partial charge < -0.3 is 5.73 Å². The number of rotatable bonds is 6. The van der Waals surface area contributed by atoms with Crippen LogP contribution in [0.4, 0.5) is 0 Å². The number of nitrogens with two attached hydrogens (primary N) is 1. The lowest BCUT2D eigenvalue weighted by molar-refractivity contribution is 0.400. The molecule has 21 heavy (non-hydrogen) atoms. The Bertz CT molecular complexity index is 745. The van der Waals surface area contributed by atoms with Crippen molar-refractivity contribution in [2.45, 2.75) is 29.6 Å². The third-order valence-corrected chi connectivity index (χ3v) is 7.83. The molecule has 0 spiro atoms. The van der Waals surface area contributed by atoms with Crippen LogP contribution in [0.2, 0.25) is 0 Å². The normalized spacial score (nSPS) is 15.5. The van der Waals surface area contributed by atoms with Crippen molar-refractivity contribution < 1.29 is 8.42 Å². The quantitative estimate of drug-likeness (QED) is 0.807. The second-order valence-electron chi connectivity index (χ2n) is 4.90. The standard InChI is InChI=1S/C13H14N2O2S4/c14-13(18)11-3-4-12(20-11)21(16,17)15(10-1-2-10)7-9-5-6-19-8-9/h3-6,8,10H,1-2,7H2,(H2,14,18). The highest BCUT2D eigenvalue weighted by atomic mass is 32.2. The minimum atomic E-state index is -3.49. The van der Waals surface area contributed by atoms with E-state index in [1.54, 1.807) is 27.8 Å². The van der Waals surface area contributed by atoms with Crippen LogP contribution in [0, 0.1) is 0 Å². The Balaban J connectivity index is 1.91. The van der Waals surface area contributed by atoms with Gasteiger partial charge in [0.25, 0.3) is 10.0 Å². The molecule has 112 valence electrons. The summed E-state index contributed by atoms with van der Waals surface area (Å²) in [5.41, 5.74) is 6.59. The maximum atomic E-state index is 12.8. The minimum absolute atomic E-state index is 0.116. The molecule has 1 fully saturated rings. The second kappa shape index (κ2) is 5.77. The zero-order valence-electron chi connectivity index (χ0n) is 11.1. The molecule has 0 bridgehead atoms. The zero-order chi connectivity index (χ0) is 15.0. The van der Waals surface area contributed by atoms with Crippen LogP contribution in [0.25, 0.3) is 0 Å². The lowest BCUT2D eigenvalue weighted by Crippen LogP contribution is -2.32. The van der Waals surface area contributed by atoms with Gasteiger partial charge in [-0.05, 0) is 47.4 Å². The first-order valence-corrected chi connectivity index (χ1v) is 10.0. The highest BCUT2D eigenvalue weighted by Gasteiger charge is 2.38. The summed E-state index contributed by atoms with van der Waals surface area (Å²) < 4.78 is 27.6. The molecule has 4 nitrogen and oxygen atoms in total. The first-order valence-electron chi connectivity index (χ1n) is 6.41. The van der Waals surface area contributed by atoms with Crippen molar-refractivity contribution >= 4 is 49.9 Å². The molecule has 3 rings (SSSR count). The monoisotopic (exact) mass is 358 g/mol. The summed E-state index contributed by atoms with van der Waals surface area (Å²) in [6.07, 6.45) is 1.85. The number of nitrogens with zero attached hydrogens (tertiary/aromatic N) is 1. The third-order valence-electron chi connectivity index (χ3n) is 3.26. The van der Waals surface area contributed by atoms with Crippen molar-refractivity contribution in [2.75, 3.05) is 0 Å². The predicted molar refractivity (Wildman–Crippen MR) is 90.3 cm³/mol. The number of thiocarbonyl (C=S) groups is 1. The molecule has 0 amide bonds. The Morgan fingerprint density at radius 3 is 2.67 bits per heavy atom. The Hall–Kier alpha value is -0.800. The Labute approximate surface area is 137 Å². The highest BCUT2D eigenvalue weighted by Crippen LogP contribution is 2.35. The first-order chi connectivity index (χ1) is 9.98. The lowest BCUT2D eigenvalue weighted by atomic mass is 10.3. The topological polar surface area (TPSA) is 63.4 Å². The van der Waals surface area contributed by atoms with E-state index in [4.69, 9.17) is 18.0 Å². The van der Waals surface area contributed by atoms with Gasteiger partial charge in [0.1, 0.15) is 9.20 Å². The Morgan fingerprint density at radius 2 is 2.14 bits per heavy atom. The van der Waals surface area contributed by atoms with Gasteiger partial charge in [-0.15, -0.1) is 11.3 Å². The molecule has 0 atom stereocenters. The lowest BCUT2D eigenvalue weighted by Gasteiger charge is -2.20. The minimum Gasteiger partial charge on any atom is -0.389 e. The molecule has 0 aliphatic heterocycles. The van der Waals surface area contributed by atoms with Gasteiger partial charge in [-0.1, -0.05) is 12.2 Å². The molecule has 0 saturated heterocycles. The van der Waals surface area contributed by atoms with Crippen LogP contribution in [0.5, 0.6) is 0 Å². The summed E-state index contributed by atoms with van der Waals surface area (Å²) in [6.45, 7) is 0.427. The van der Waals surface area contributed by atoms with Crippen LogP contribution in [-0.2, 0) is 16.6 Å². The van der Waals surface area contributed by atoms with Crippen molar-refractivity contribution in [3.05, 3.63) is 39.4 Å². The second-order valence-corrected chi connectivity index (χ2v) is 9.32. The van der Waals surface area contributed by atoms with E-state index in [-0.39, 0.29) is 11.0 Å². The van der Waals surface area contributed by atoms with E-state index >= 15 is 0 Å². The molecular formula is C13H14N2O2S4. The maximum absolute atomic E-state index is 12.8. The molecule has 2 aromatic heterocycles. The average Bonchev–Trinajstić information content (AvgIpc) is 2.95. The van der Waals surface area contributed by atoms with Gasteiger partial charge in [0.05, 0.1) is 4.88 Å². The van der Waals surface area contributed by atoms with E-state index in [2.05, 4.69) is 0 Å². The van der Waals surface area contributed by atoms with Crippen molar-refractivity contribution in [1.29, 1.82) is 0 Å². The largest absolute Gasteiger partial charge is 0.389 e. The van der Waals surface area contributed by atoms with Gasteiger partial charge in [0.2, 0.25) is 0 Å². The number of hydrogen-bond acceptors (Lipinski definition) is 5. The van der Waals surface area contributed by atoms with E-state index in [0.717, 1.165) is 29.7 Å². The average molecular weight is 359 g/mol. The fraction of sp³-hybridized carbons (Fsp3) is 0.308. The van der Waals surface area contributed by atoms with E-state index in [1.165, 1.54) is 0 Å². The summed E-state index contributed by atoms with van der Waals surface area (Å²) in [4.78, 5) is 0.868. The zero-order valence-corrected chi connectivity index (χ0v) is 14.3. The van der Waals surface area contributed by atoms with Crippen molar-refractivity contribution in [1.82, 2.24) is 4.31 Å². The van der Waals surface area contributed by atoms with Gasteiger partial charge >= 0.3 is 0 Å². The molecule has 1 saturated carbocycles. The SMILES string of the molecule is NC(=S)c1ccc(S(=O)(=O)N(Cc2ccsc2)C2CC2)s1. The fourth-order valence-corrected chi connectivity index (χ4v) is 5.86. The van der Waals surface area contributed by atoms with Gasteiger partial charge in [-0.25, -0.2) is 8.42 Å². The van der Waals surface area contributed by atoms with Gasteiger partial charge in [-0.2, -0.15) is 15.6 Å². The summed E-state index contributed by atoms with van der Waals surface area (Å²) in [5.74, 6) is 0. The van der Waals surface area contributed by atoms with Crippen LogP contribution in [0.1, 0.15) is 23.3 Å². The summed E-state index contributed by atoms with van der Waals surface area (Å²) >= 11 is 7.62. The van der Waals surface area contributed by atoms with Crippen LogP contribution >= 0.6 is 34.9 Å². The van der Waals surface area contributed by atoms with Crippen molar-refractivity contribution in [3.63, 3.8) is 0 Å². The number of hydrogen-bond donors (Lipinski definition) is 1. The number of thiophene rings is 2. The smallest absolute Gasteiger partial charge is 0.253 e.